The van der Waals surface area contributed by atoms with Crippen LogP contribution in [0, 0.1) is 6.92 Å². The van der Waals surface area contributed by atoms with Crippen LogP contribution in [0.3, 0.4) is 0 Å². The van der Waals surface area contributed by atoms with E-state index < -0.39 is 0 Å². The van der Waals surface area contributed by atoms with Crippen LogP contribution in [0.1, 0.15) is 43.7 Å². The van der Waals surface area contributed by atoms with E-state index in [4.69, 9.17) is 0 Å². The Labute approximate surface area is 102 Å². The molecule has 1 heteroatoms. The van der Waals surface area contributed by atoms with Crippen LogP contribution in [0.25, 0.3) is 0 Å². The van der Waals surface area contributed by atoms with Crippen molar-refractivity contribution in [1.29, 1.82) is 0 Å². The average molecular weight is 269 g/mol. The Hall–Kier alpha value is -0.300. The Morgan fingerprint density at radius 3 is 2.60 bits per heavy atom. The minimum atomic E-state index is 0.644. The normalized spacial score (nSPS) is 12.7. The van der Waals surface area contributed by atoms with Crippen LogP contribution in [0.15, 0.2) is 24.3 Å². The molecule has 0 bridgehead atoms. The summed E-state index contributed by atoms with van der Waals surface area (Å²) in [5.41, 5.74) is 2.90. The molecule has 84 valence electrons. The van der Waals surface area contributed by atoms with E-state index in [-0.39, 0.29) is 0 Å². The van der Waals surface area contributed by atoms with Gasteiger partial charge in [0.15, 0.2) is 0 Å². The van der Waals surface area contributed by atoms with E-state index in [9.17, 15) is 0 Å². The molecule has 0 fully saturated rings. The number of benzene rings is 1. The first-order chi connectivity index (χ1) is 7.24. The Morgan fingerprint density at radius 2 is 1.93 bits per heavy atom. The molecule has 0 aromatic heterocycles. The van der Waals surface area contributed by atoms with Gasteiger partial charge in [-0.15, -0.1) is 0 Å². The summed E-state index contributed by atoms with van der Waals surface area (Å²) in [5.74, 6) is 0. The van der Waals surface area contributed by atoms with Gasteiger partial charge in [-0.25, -0.2) is 0 Å². The maximum Gasteiger partial charge on any atom is 0.0186 e. The highest BCUT2D eigenvalue weighted by atomic mass is 79.9. The fourth-order valence-corrected chi connectivity index (χ4v) is 2.47. The zero-order valence-corrected chi connectivity index (χ0v) is 11.4. The second kappa shape index (κ2) is 7.05. The van der Waals surface area contributed by atoms with Crippen LogP contribution in [0.2, 0.25) is 0 Å². The summed E-state index contributed by atoms with van der Waals surface area (Å²) in [6, 6.07) is 8.68. The van der Waals surface area contributed by atoms with E-state index in [1.54, 1.807) is 0 Å². The number of hydrogen-bond acceptors (Lipinski definition) is 0. The van der Waals surface area contributed by atoms with Crippen molar-refractivity contribution in [2.75, 3.05) is 0 Å². The molecular weight excluding hydrogens is 248 g/mol. The van der Waals surface area contributed by atoms with Crippen LogP contribution in [0.4, 0.5) is 0 Å². The molecule has 1 unspecified atom stereocenters. The third-order valence-electron chi connectivity index (χ3n) is 2.82. The first kappa shape index (κ1) is 12.8. The van der Waals surface area contributed by atoms with Crippen molar-refractivity contribution in [3.8, 4) is 0 Å². The van der Waals surface area contributed by atoms with Gasteiger partial charge in [0.05, 0.1) is 0 Å². The van der Waals surface area contributed by atoms with Gasteiger partial charge in [0, 0.05) is 4.83 Å². The lowest BCUT2D eigenvalue weighted by Crippen LogP contribution is -2.03. The average Bonchev–Trinajstić information content (AvgIpc) is 2.22. The fraction of sp³-hybridized carbons (Fsp3) is 0.571. The Morgan fingerprint density at radius 1 is 1.20 bits per heavy atom. The molecule has 0 spiro atoms. The highest BCUT2D eigenvalue weighted by Gasteiger charge is 2.06. The zero-order chi connectivity index (χ0) is 11.1. The monoisotopic (exact) mass is 268 g/mol. The molecule has 0 saturated heterocycles. The van der Waals surface area contributed by atoms with E-state index in [0.717, 1.165) is 6.42 Å². The van der Waals surface area contributed by atoms with Crippen LogP contribution in [-0.4, -0.2) is 4.83 Å². The minimum Gasteiger partial charge on any atom is -0.0887 e. The van der Waals surface area contributed by atoms with Crippen LogP contribution in [-0.2, 0) is 6.42 Å². The number of halogens is 1. The van der Waals surface area contributed by atoms with Crippen molar-refractivity contribution < 1.29 is 0 Å². The molecule has 1 aromatic rings. The molecule has 1 atom stereocenters. The van der Waals surface area contributed by atoms with Crippen LogP contribution in [0.5, 0.6) is 0 Å². The van der Waals surface area contributed by atoms with Gasteiger partial charge in [0.25, 0.3) is 0 Å². The van der Waals surface area contributed by atoms with Gasteiger partial charge in [0.1, 0.15) is 0 Å². The first-order valence-electron chi connectivity index (χ1n) is 5.92. The van der Waals surface area contributed by atoms with Gasteiger partial charge < -0.3 is 0 Å². The van der Waals surface area contributed by atoms with Gasteiger partial charge >= 0.3 is 0 Å². The highest BCUT2D eigenvalue weighted by Crippen LogP contribution is 2.18. The quantitative estimate of drug-likeness (QED) is 0.510. The third kappa shape index (κ3) is 4.83. The molecule has 1 aromatic carbocycles. The number of hydrogen-bond donors (Lipinski definition) is 0. The van der Waals surface area contributed by atoms with E-state index in [0.29, 0.717) is 4.83 Å². The molecule has 0 aliphatic rings. The standard InChI is InChI=1S/C14H21Br/c1-3-4-5-10-14(15)11-13-9-7-6-8-12(13)2/h6-9,14H,3-5,10-11H2,1-2H3. The van der Waals surface area contributed by atoms with Gasteiger partial charge in [-0.3, -0.25) is 0 Å². The second-order valence-corrected chi connectivity index (χ2v) is 5.52. The number of rotatable bonds is 6. The molecular formula is C14H21Br. The highest BCUT2D eigenvalue weighted by molar-refractivity contribution is 9.09. The summed E-state index contributed by atoms with van der Waals surface area (Å²) in [5, 5.41) is 0. The lowest BCUT2D eigenvalue weighted by atomic mass is 10.0. The molecule has 0 saturated carbocycles. The summed E-state index contributed by atoms with van der Waals surface area (Å²) >= 11 is 3.78. The summed E-state index contributed by atoms with van der Waals surface area (Å²) < 4.78 is 0. The Bertz CT molecular complexity index is 280. The van der Waals surface area contributed by atoms with Crippen molar-refractivity contribution in [2.45, 2.75) is 50.8 Å². The Kier molecular flexibility index (Phi) is 6.00. The van der Waals surface area contributed by atoms with Crippen molar-refractivity contribution in [2.24, 2.45) is 0 Å². The molecule has 0 amide bonds. The fourth-order valence-electron chi connectivity index (χ4n) is 1.80. The summed E-state index contributed by atoms with van der Waals surface area (Å²) in [6.45, 7) is 4.45. The molecule has 15 heavy (non-hydrogen) atoms. The van der Waals surface area contributed by atoms with E-state index in [1.165, 1.54) is 36.8 Å². The van der Waals surface area contributed by atoms with Crippen molar-refractivity contribution >= 4 is 15.9 Å². The summed E-state index contributed by atoms with van der Waals surface area (Å²) in [7, 11) is 0. The number of aryl methyl sites for hydroxylation is 1. The molecule has 0 nitrogen and oxygen atoms in total. The predicted molar refractivity (Wildman–Crippen MR) is 71.7 cm³/mol. The molecule has 1 rings (SSSR count). The smallest absolute Gasteiger partial charge is 0.0186 e. The molecule has 0 heterocycles. The lowest BCUT2D eigenvalue weighted by molar-refractivity contribution is 0.647. The van der Waals surface area contributed by atoms with E-state index in [1.807, 2.05) is 0 Å². The number of alkyl halides is 1. The van der Waals surface area contributed by atoms with E-state index in [2.05, 4.69) is 54.0 Å². The van der Waals surface area contributed by atoms with Crippen molar-refractivity contribution in [3.63, 3.8) is 0 Å². The number of unbranched alkanes of at least 4 members (excludes halogenated alkanes) is 2. The lowest BCUT2D eigenvalue weighted by Gasteiger charge is -2.11. The molecule has 0 aliphatic heterocycles. The Balaban J connectivity index is 2.37. The van der Waals surface area contributed by atoms with Crippen molar-refractivity contribution in [1.82, 2.24) is 0 Å². The van der Waals surface area contributed by atoms with Crippen LogP contribution < -0.4 is 0 Å². The second-order valence-electron chi connectivity index (χ2n) is 4.22. The van der Waals surface area contributed by atoms with E-state index >= 15 is 0 Å². The minimum absolute atomic E-state index is 0.644. The summed E-state index contributed by atoms with van der Waals surface area (Å²) in [6.07, 6.45) is 6.47. The van der Waals surface area contributed by atoms with Gasteiger partial charge in [0.2, 0.25) is 0 Å². The predicted octanol–water partition coefficient (Wildman–Crippen LogP) is 4.88. The SMILES string of the molecule is CCCCCC(Br)Cc1ccccc1C. The third-order valence-corrected chi connectivity index (χ3v) is 3.61. The van der Waals surface area contributed by atoms with Gasteiger partial charge in [-0.1, -0.05) is 66.4 Å². The largest absolute Gasteiger partial charge is 0.0887 e. The topological polar surface area (TPSA) is 0 Å². The summed E-state index contributed by atoms with van der Waals surface area (Å²) in [4.78, 5) is 0.644. The molecule has 0 radical (unpaired) electrons. The zero-order valence-electron chi connectivity index (χ0n) is 9.80. The van der Waals surface area contributed by atoms with Crippen LogP contribution >= 0.6 is 15.9 Å². The maximum absolute atomic E-state index is 3.78. The van der Waals surface area contributed by atoms with Gasteiger partial charge in [-0.05, 0) is 30.9 Å². The first-order valence-corrected chi connectivity index (χ1v) is 6.84. The van der Waals surface area contributed by atoms with Gasteiger partial charge in [-0.2, -0.15) is 0 Å². The molecule has 0 N–H and O–H groups in total. The van der Waals surface area contributed by atoms with Crippen molar-refractivity contribution in [3.05, 3.63) is 35.4 Å². The maximum atomic E-state index is 3.78. The molecule has 0 aliphatic carbocycles.